The van der Waals surface area contributed by atoms with Crippen LogP contribution in [0.1, 0.15) is 32.9 Å². The number of piperazine rings is 1. The van der Waals surface area contributed by atoms with E-state index in [1.165, 1.54) is 16.8 Å². The molecule has 0 N–H and O–H groups in total. The molecule has 0 aliphatic carbocycles. The standard InChI is InChI=1S/C19H26N4O/c1-13-7-6-8-17(14(13)2)22-9-11-23(12-10-22)19(24)18-15(3)20-21(5)16(18)4/h6-8H,9-12H2,1-5H3. The van der Waals surface area contributed by atoms with Crippen molar-refractivity contribution in [3.05, 3.63) is 46.3 Å². The van der Waals surface area contributed by atoms with Crippen LogP contribution >= 0.6 is 0 Å². The molecule has 2 aromatic rings. The number of nitrogens with zero attached hydrogens (tertiary/aromatic N) is 4. The minimum Gasteiger partial charge on any atom is -0.368 e. The maximum absolute atomic E-state index is 12.9. The fourth-order valence-electron chi connectivity index (χ4n) is 3.47. The van der Waals surface area contributed by atoms with Crippen molar-refractivity contribution < 1.29 is 4.79 Å². The number of rotatable bonds is 2. The Morgan fingerprint density at radius 2 is 1.71 bits per heavy atom. The summed E-state index contributed by atoms with van der Waals surface area (Å²) in [6.45, 7) is 11.4. The van der Waals surface area contributed by atoms with Gasteiger partial charge in [0.25, 0.3) is 5.91 Å². The molecule has 5 nitrogen and oxygen atoms in total. The molecule has 0 spiro atoms. The topological polar surface area (TPSA) is 41.4 Å². The van der Waals surface area contributed by atoms with Crippen LogP contribution in [0.2, 0.25) is 0 Å². The van der Waals surface area contributed by atoms with Crippen molar-refractivity contribution in [2.75, 3.05) is 31.1 Å². The second-order valence-electron chi connectivity index (χ2n) is 6.67. The van der Waals surface area contributed by atoms with Crippen LogP contribution in [0.3, 0.4) is 0 Å². The number of hydrogen-bond acceptors (Lipinski definition) is 3. The lowest BCUT2D eigenvalue weighted by molar-refractivity contribution is 0.0745. The first-order valence-electron chi connectivity index (χ1n) is 8.50. The Morgan fingerprint density at radius 1 is 1.04 bits per heavy atom. The van der Waals surface area contributed by atoms with Crippen molar-refractivity contribution >= 4 is 11.6 Å². The molecule has 0 saturated carbocycles. The van der Waals surface area contributed by atoms with Crippen molar-refractivity contribution in [3.63, 3.8) is 0 Å². The van der Waals surface area contributed by atoms with Gasteiger partial charge < -0.3 is 9.80 Å². The SMILES string of the molecule is Cc1cccc(N2CCN(C(=O)c3c(C)nn(C)c3C)CC2)c1C. The number of carbonyl (C=O) groups excluding carboxylic acids is 1. The van der Waals surface area contributed by atoms with E-state index in [-0.39, 0.29) is 5.91 Å². The highest BCUT2D eigenvalue weighted by Crippen LogP contribution is 2.24. The van der Waals surface area contributed by atoms with Crippen LogP contribution in [0.5, 0.6) is 0 Å². The van der Waals surface area contributed by atoms with Crippen molar-refractivity contribution in [1.82, 2.24) is 14.7 Å². The number of carbonyl (C=O) groups is 1. The van der Waals surface area contributed by atoms with Crippen LogP contribution in [0.15, 0.2) is 18.2 Å². The number of aryl methyl sites for hydroxylation is 3. The van der Waals surface area contributed by atoms with Gasteiger partial charge in [-0.25, -0.2) is 0 Å². The summed E-state index contributed by atoms with van der Waals surface area (Å²) in [6, 6.07) is 6.43. The maximum atomic E-state index is 12.9. The Bertz CT molecular complexity index is 770. The Labute approximate surface area is 143 Å². The van der Waals surface area contributed by atoms with Crippen LogP contribution in [0, 0.1) is 27.7 Å². The number of benzene rings is 1. The van der Waals surface area contributed by atoms with E-state index in [0.29, 0.717) is 0 Å². The molecular weight excluding hydrogens is 300 g/mol. The molecule has 1 aliphatic heterocycles. The molecule has 0 atom stereocenters. The van der Waals surface area contributed by atoms with Gasteiger partial charge in [-0.05, 0) is 44.9 Å². The minimum atomic E-state index is 0.110. The van der Waals surface area contributed by atoms with Gasteiger partial charge in [-0.1, -0.05) is 12.1 Å². The Hall–Kier alpha value is -2.30. The second kappa shape index (κ2) is 6.30. The predicted octanol–water partition coefficient (Wildman–Crippen LogP) is 2.62. The van der Waals surface area contributed by atoms with Crippen LogP contribution in [0.25, 0.3) is 0 Å². The number of amides is 1. The van der Waals surface area contributed by atoms with E-state index in [9.17, 15) is 4.79 Å². The highest BCUT2D eigenvalue weighted by molar-refractivity contribution is 5.96. The number of hydrogen-bond donors (Lipinski definition) is 0. The third-order valence-corrected chi connectivity index (χ3v) is 5.21. The minimum absolute atomic E-state index is 0.110. The molecule has 1 amide bonds. The van der Waals surface area contributed by atoms with Gasteiger partial charge in [-0.2, -0.15) is 5.10 Å². The largest absolute Gasteiger partial charge is 0.368 e. The Balaban J connectivity index is 1.73. The van der Waals surface area contributed by atoms with Crippen LogP contribution in [-0.4, -0.2) is 46.8 Å². The first-order valence-corrected chi connectivity index (χ1v) is 8.50. The fourth-order valence-corrected chi connectivity index (χ4v) is 3.47. The summed E-state index contributed by atoms with van der Waals surface area (Å²) in [5.74, 6) is 0.110. The molecule has 128 valence electrons. The number of anilines is 1. The molecule has 2 heterocycles. The molecule has 24 heavy (non-hydrogen) atoms. The molecule has 0 bridgehead atoms. The fraction of sp³-hybridized carbons (Fsp3) is 0.474. The molecule has 0 radical (unpaired) electrons. The van der Waals surface area contributed by atoms with E-state index in [4.69, 9.17) is 0 Å². The number of aromatic nitrogens is 2. The molecule has 5 heteroatoms. The summed E-state index contributed by atoms with van der Waals surface area (Å²) < 4.78 is 1.79. The molecule has 1 saturated heterocycles. The third-order valence-electron chi connectivity index (χ3n) is 5.21. The first-order chi connectivity index (χ1) is 11.4. The Morgan fingerprint density at radius 3 is 2.29 bits per heavy atom. The first kappa shape index (κ1) is 16.6. The zero-order valence-corrected chi connectivity index (χ0v) is 15.3. The third kappa shape index (κ3) is 2.79. The average Bonchev–Trinajstić information content (AvgIpc) is 2.82. The predicted molar refractivity (Wildman–Crippen MR) is 96.7 cm³/mol. The van der Waals surface area contributed by atoms with Gasteiger partial charge in [0.05, 0.1) is 11.3 Å². The summed E-state index contributed by atoms with van der Waals surface area (Å²) in [6.07, 6.45) is 0. The Kier molecular flexibility index (Phi) is 4.35. The van der Waals surface area contributed by atoms with E-state index in [1.807, 2.05) is 25.8 Å². The summed E-state index contributed by atoms with van der Waals surface area (Å²) in [4.78, 5) is 17.2. The van der Waals surface area contributed by atoms with Gasteiger partial charge in [0.15, 0.2) is 0 Å². The smallest absolute Gasteiger partial charge is 0.257 e. The van der Waals surface area contributed by atoms with E-state index in [1.54, 1.807) is 4.68 Å². The molecule has 3 rings (SSSR count). The van der Waals surface area contributed by atoms with Crippen molar-refractivity contribution in [2.45, 2.75) is 27.7 Å². The van der Waals surface area contributed by atoms with E-state index in [2.05, 4.69) is 42.0 Å². The van der Waals surface area contributed by atoms with Crippen molar-refractivity contribution in [3.8, 4) is 0 Å². The van der Waals surface area contributed by atoms with Crippen LogP contribution in [0.4, 0.5) is 5.69 Å². The van der Waals surface area contributed by atoms with E-state index < -0.39 is 0 Å². The van der Waals surface area contributed by atoms with Gasteiger partial charge in [-0.3, -0.25) is 9.48 Å². The van der Waals surface area contributed by atoms with E-state index >= 15 is 0 Å². The lowest BCUT2D eigenvalue weighted by atomic mass is 10.1. The van der Waals surface area contributed by atoms with Gasteiger partial charge in [-0.15, -0.1) is 0 Å². The quantitative estimate of drug-likeness (QED) is 0.852. The molecule has 1 aromatic carbocycles. The molecule has 0 unspecified atom stereocenters. The van der Waals surface area contributed by atoms with Crippen molar-refractivity contribution in [1.29, 1.82) is 0 Å². The lowest BCUT2D eigenvalue weighted by Gasteiger charge is -2.37. The summed E-state index contributed by atoms with van der Waals surface area (Å²) in [5.41, 5.74) is 6.45. The molecule has 1 aliphatic rings. The van der Waals surface area contributed by atoms with Gasteiger partial charge in [0.2, 0.25) is 0 Å². The molecule has 1 fully saturated rings. The van der Waals surface area contributed by atoms with Gasteiger partial charge >= 0.3 is 0 Å². The average molecular weight is 326 g/mol. The zero-order chi connectivity index (χ0) is 17.4. The summed E-state index contributed by atoms with van der Waals surface area (Å²) in [7, 11) is 1.89. The maximum Gasteiger partial charge on any atom is 0.257 e. The highest BCUT2D eigenvalue weighted by Gasteiger charge is 2.26. The monoisotopic (exact) mass is 326 g/mol. The summed E-state index contributed by atoms with van der Waals surface area (Å²) >= 11 is 0. The van der Waals surface area contributed by atoms with Crippen LogP contribution < -0.4 is 4.90 Å². The van der Waals surface area contributed by atoms with Crippen molar-refractivity contribution in [2.24, 2.45) is 7.05 Å². The normalized spacial score (nSPS) is 15.0. The molecule has 1 aromatic heterocycles. The zero-order valence-electron chi connectivity index (χ0n) is 15.3. The second-order valence-corrected chi connectivity index (χ2v) is 6.67. The summed E-state index contributed by atoms with van der Waals surface area (Å²) in [5, 5.41) is 4.37. The highest BCUT2D eigenvalue weighted by atomic mass is 16.2. The van der Waals surface area contributed by atoms with Crippen LogP contribution in [-0.2, 0) is 7.05 Å². The lowest BCUT2D eigenvalue weighted by Crippen LogP contribution is -2.49. The van der Waals surface area contributed by atoms with Gasteiger partial charge in [0.1, 0.15) is 0 Å². The molecular formula is C19H26N4O. The van der Waals surface area contributed by atoms with Gasteiger partial charge in [0, 0.05) is 44.6 Å². The van der Waals surface area contributed by atoms with E-state index in [0.717, 1.165) is 43.1 Å².